The van der Waals surface area contributed by atoms with E-state index in [1.165, 1.54) is 18.2 Å². The summed E-state index contributed by atoms with van der Waals surface area (Å²) < 4.78 is 2.14. The van der Waals surface area contributed by atoms with Crippen LogP contribution in [-0.2, 0) is 13.1 Å². The van der Waals surface area contributed by atoms with Crippen molar-refractivity contribution in [2.45, 2.75) is 31.8 Å². The zero-order valence-corrected chi connectivity index (χ0v) is 15.7. The molecule has 0 radical (unpaired) electrons. The topological polar surface area (TPSA) is 82.6 Å². The Kier molecular flexibility index (Phi) is 4.00. The second-order valence-corrected chi connectivity index (χ2v) is 7.53. The monoisotopic (exact) mass is 374 g/mol. The Hall–Kier alpha value is -3.35. The van der Waals surface area contributed by atoms with E-state index in [1.54, 1.807) is 11.9 Å². The number of H-pyrrole nitrogens is 2. The molecule has 1 fully saturated rings. The predicted molar refractivity (Wildman–Crippen MR) is 106 cm³/mol. The van der Waals surface area contributed by atoms with Crippen LogP contribution in [0.4, 0.5) is 0 Å². The molecular weight excluding hydrogens is 352 g/mol. The third-order valence-electron chi connectivity index (χ3n) is 5.27. The lowest BCUT2D eigenvalue weighted by Crippen LogP contribution is -2.26. The minimum Gasteiger partial charge on any atom is -0.341 e. The summed E-state index contributed by atoms with van der Waals surface area (Å²) in [5, 5.41) is 15.8. The van der Waals surface area contributed by atoms with E-state index in [0.29, 0.717) is 24.7 Å². The van der Waals surface area contributed by atoms with E-state index in [0.717, 1.165) is 22.6 Å². The average molecular weight is 374 g/mol. The van der Waals surface area contributed by atoms with Crippen molar-refractivity contribution in [2.24, 2.45) is 0 Å². The highest BCUT2D eigenvalue weighted by Crippen LogP contribution is 2.39. The Labute approximate surface area is 162 Å². The van der Waals surface area contributed by atoms with Gasteiger partial charge in [-0.2, -0.15) is 10.2 Å². The normalized spacial score (nSPS) is 13.9. The molecule has 0 aliphatic heterocycles. The largest absolute Gasteiger partial charge is 0.341 e. The van der Waals surface area contributed by atoms with Gasteiger partial charge in [-0.05, 0) is 42.5 Å². The number of benzene rings is 1. The van der Waals surface area contributed by atoms with E-state index < -0.39 is 0 Å². The van der Waals surface area contributed by atoms with Crippen LogP contribution in [0.3, 0.4) is 0 Å². The Morgan fingerprint density at radius 2 is 1.96 bits per heavy atom. The van der Waals surface area contributed by atoms with Crippen molar-refractivity contribution in [3.63, 3.8) is 0 Å². The fourth-order valence-electron chi connectivity index (χ4n) is 3.59. The molecule has 1 saturated carbocycles. The predicted octanol–water partition coefficient (Wildman–Crippen LogP) is 3.29. The van der Waals surface area contributed by atoms with E-state index in [-0.39, 0.29) is 5.91 Å². The molecule has 4 aromatic rings. The molecule has 7 nitrogen and oxygen atoms in total. The van der Waals surface area contributed by atoms with Crippen LogP contribution in [-0.4, -0.2) is 42.8 Å². The summed E-state index contributed by atoms with van der Waals surface area (Å²) in [5.41, 5.74) is 4.54. The lowest BCUT2D eigenvalue weighted by Gasteiger charge is -2.14. The lowest BCUT2D eigenvalue weighted by atomic mass is 10.2. The molecule has 1 aliphatic rings. The molecule has 3 aromatic heterocycles. The molecule has 0 unspecified atom stereocenters. The number of nitrogens with zero attached hydrogens (tertiary/aromatic N) is 4. The van der Waals surface area contributed by atoms with Crippen molar-refractivity contribution in [3.8, 4) is 0 Å². The third-order valence-corrected chi connectivity index (χ3v) is 5.27. The zero-order valence-electron chi connectivity index (χ0n) is 15.7. The number of hydrogen-bond donors (Lipinski definition) is 2. The quantitative estimate of drug-likeness (QED) is 0.543. The fourth-order valence-corrected chi connectivity index (χ4v) is 3.59. The summed E-state index contributed by atoms with van der Waals surface area (Å²) in [4.78, 5) is 14.4. The van der Waals surface area contributed by atoms with E-state index >= 15 is 0 Å². The van der Waals surface area contributed by atoms with Gasteiger partial charge in [0.05, 0.1) is 30.2 Å². The maximum atomic E-state index is 12.7. The molecule has 0 saturated heterocycles. The number of fused-ring (bicyclic) bond motifs is 1. The molecule has 28 heavy (non-hydrogen) atoms. The number of aromatic nitrogens is 5. The number of rotatable bonds is 6. The first kappa shape index (κ1) is 16.8. The minimum atomic E-state index is -0.109. The number of carbonyl (C=O) groups is 1. The van der Waals surface area contributed by atoms with Gasteiger partial charge in [-0.15, -0.1) is 0 Å². The van der Waals surface area contributed by atoms with Gasteiger partial charge >= 0.3 is 0 Å². The van der Waals surface area contributed by atoms with Crippen LogP contribution in [0.15, 0.2) is 48.7 Å². The van der Waals surface area contributed by atoms with Gasteiger partial charge < -0.3 is 9.47 Å². The van der Waals surface area contributed by atoms with E-state index in [2.05, 4.69) is 55.4 Å². The maximum Gasteiger partial charge on any atom is 0.274 e. The van der Waals surface area contributed by atoms with E-state index in [1.807, 2.05) is 18.2 Å². The molecule has 1 aliphatic carbocycles. The first-order valence-corrected chi connectivity index (χ1v) is 9.55. The van der Waals surface area contributed by atoms with Gasteiger partial charge in [0.2, 0.25) is 0 Å². The van der Waals surface area contributed by atoms with Gasteiger partial charge in [-0.3, -0.25) is 15.0 Å². The summed E-state index contributed by atoms with van der Waals surface area (Å²) in [6, 6.07) is 14.2. The minimum absolute atomic E-state index is 0.109. The second-order valence-electron chi connectivity index (χ2n) is 7.53. The molecule has 0 atom stereocenters. The fraction of sp³-hybridized carbons (Fsp3) is 0.286. The van der Waals surface area contributed by atoms with Crippen LogP contribution < -0.4 is 0 Å². The van der Waals surface area contributed by atoms with Gasteiger partial charge in [0.25, 0.3) is 5.91 Å². The Morgan fingerprint density at radius 1 is 1.14 bits per heavy atom. The number of amides is 1. The van der Waals surface area contributed by atoms with E-state index in [4.69, 9.17) is 0 Å². The first-order valence-electron chi connectivity index (χ1n) is 9.55. The summed E-state index contributed by atoms with van der Waals surface area (Å²) in [6.07, 6.45) is 4.48. The van der Waals surface area contributed by atoms with Crippen LogP contribution in [0, 0.1) is 0 Å². The lowest BCUT2D eigenvalue weighted by molar-refractivity contribution is 0.0777. The summed E-state index contributed by atoms with van der Waals surface area (Å²) in [6.45, 7) is 1.13. The molecule has 1 aromatic carbocycles. The Balaban J connectivity index is 1.27. The van der Waals surface area contributed by atoms with Crippen molar-refractivity contribution < 1.29 is 4.79 Å². The second kappa shape index (κ2) is 6.67. The molecule has 3 heterocycles. The first-order chi connectivity index (χ1) is 13.7. The van der Waals surface area contributed by atoms with Crippen molar-refractivity contribution in [1.29, 1.82) is 0 Å². The Morgan fingerprint density at radius 3 is 2.82 bits per heavy atom. The molecule has 0 spiro atoms. The van der Waals surface area contributed by atoms with Crippen LogP contribution in [0.2, 0.25) is 0 Å². The highest BCUT2D eigenvalue weighted by atomic mass is 16.2. The average Bonchev–Trinajstić information content (AvgIpc) is 3.11. The molecule has 2 N–H and O–H groups in total. The number of nitrogens with one attached hydrogen (secondary N) is 2. The standard InChI is InChI=1S/C21H22N6O/c1-26(12-16-10-18(24-22-16)14-6-7-14)21(28)19-11-17(23-25-19)13-27-9-8-15-4-2-3-5-20(15)27/h2-5,8-11,14H,6-7,12-13H2,1H3,(H,22,24)(H,23,25). The van der Waals surface area contributed by atoms with Gasteiger partial charge in [-0.1, -0.05) is 18.2 Å². The van der Waals surface area contributed by atoms with Gasteiger partial charge in [0, 0.05) is 24.7 Å². The third kappa shape index (κ3) is 3.19. The summed E-state index contributed by atoms with van der Waals surface area (Å²) in [5.74, 6) is 0.493. The van der Waals surface area contributed by atoms with Crippen LogP contribution >= 0.6 is 0 Å². The highest BCUT2D eigenvalue weighted by Gasteiger charge is 2.26. The van der Waals surface area contributed by atoms with Gasteiger partial charge in [0.15, 0.2) is 0 Å². The number of aromatic amines is 2. The highest BCUT2D eigenvalue weighted by molar-refractivity contribution is 5.92. The number of para-hydroxylation sites is 1. The molecule has 1 amide bonds. The zero-order chi connectivity index (χ0) is 19.1. The van der Waals surface area contributed by atoms with Crippen molar-refractivity contribution in [2.75, 3.05) is 7.05 Å². The number of carbonyl (C=O) groups excluding carboxylic acids is 1. The van der Waals surface area contributed by atoms with Crippen molar-refractivity contribution in [3.05, 3.63) is 71.4 Å². The SMILES string of the molecule is CN(Cc1cc(C2CC2)n[nH]1)C(=O)c1cc(Cn2ccc3ccccc32)[nH]n1. The summed E-state index contributed by atoms with van der Waals surface area (Å²) >= 11 is 0. The van der Waals surface area contributed by atoms with Crippen LogP contribution in [0.1, 0.15) is 46.3 Å². The van der Waals surface area contributed by atoms with Crippen LogP contribution in [0.5, 0.6) is 0 Å². The molecule has 5 rings (SSSR count). The molecule has 142 valence electrons. The van der Waals surface area contributed by atoms with E-state index in [9.17, 15) is 4.79 Å². The van der Waals surface area contributed by atoms with Gasteiger partial charge in [-0.25, -0.2) is 0 Å². The Bertz CT molecular complexity index is 1130. The van der Waals surface area contributed by atoms with Crippen molar-refractivity contribution in [1.82, 2.24) is 29.9 Å². The smallest absolute Gasteiger partial charge is 0.274 e. The maximum absolute atomic E-state index is 12.7. The molecule has 7 heteroatoms. The van der Waals surface area contributed by atoms with Crippen molar-refractivity contribution >= 4 is 16.8 Å². The van der Waals surface area contributed by atoms with Crippen LogP contribution in [0.25, 0.3) is 10.9 Å². The van der Waals surface area contributed by atoms with Gasteiger partial charge in [0.1, 0.15) is 5.69 Å². The number of hydrogen-bond acceptors (Lipinski definition) is 3. The molecule has 0 bridgehead atoms. The summed E-state index contributed by atoms with van der Waals surface area (Å²) in [7, 11) is 1.79. The molecular formula is C21H22N6O.